The molecule has 0 saturated heterocycles. The third-order valence-corrected chi connectivity index (χ3v) is 14.0. The molecule has 0 spiro atoms. The molecular formula is C61H58N6O8. The molecule has 0 fully saturated rings. The van der Waals surface area contributed by atoms with Crippen LogP contribution in [0.2, 0.25) is 0 Å². The largest absolute Gasteiger partial charge is 0.465 e. The monoisotopic (exact) mass is 1000 g/mol. The molecule has 0 atom stereocenters. The molecule has 0 radical (unpaired) electrons. The molecule has 12 rings (SSSR count). The fourth-order valence-electron chi connectivity index (χ4n) is 11.1. The van der Waals surface area contributed by atoms with Crippen molar-refractivity contribution in [3.63, 3.8) is 0 Å². The fraction of sp³-hybridized carbons (Fsp3) is 0.246. The summed E-state index contributed by atoms with van der Waals surface area (Å²) >= 11 is 0. The summed E-state index contributed by atoms with van der Waals surface area (Å²) in [5.41, 5.74) is 17.7. The molecule has 0 aliphatic heterocycles. The van der Waals surface area contributed by atoms with Gasteiger partial charge in [-0.05, 0) is 139 Å². The molecule has 0 N–H and O–H groups in total. The lowest BCUT2D eigenvalue weighted by molar-refractivity contribution is 0.165. The van der Waals surface area contributed by atoms with Gasteiger partial charge in [0.2, 0.25) is 0 Å². The zero-order valence-electron chi connectivity index (χ0n) is 43.9. The highest BCUT2D eigenvalue weighted by molar-refractivity contribution is 6.14. The Morgan fingerprint density at radius 2 is 0.840 bits per heavy atom. The number of rotatable bonds is 16. The molecule has 12 aromatic rings. The standard InChI is InChI=1S/C61H58N6O8/c1-11-69-51-23-20-48(73-51)42-29-64(28-41(42)47-19-16-40(72-47)32-68-10)58-34(4)26-36(6)60-54(58)56-45(17-14-38(8)62-56)66(60)33-67-46-18-15-39(9)63-57(46)55-59(35(5)27-37(7)61(55)67)65-30-43(49-21-24-52(74-49)70-12-2)44(31-65)50-22-25-53(75-50)71-13-3/h14-31H,11-13,32-33H2,1-10H3. The van der Waals surface area contributed by atoms with Gasteiger partial charge in [0.1, 0.15) is 42.1 Å². The zero-order chi connectivity index (χ0) is 51.8. The van der Waals surface area contributed by atoms with Crippen molar-refractivity contribution in [2.75, 3.05) is 26.9 Å². The lowest BCUT2D eigenvalue weighted by atomic mass is 10.0. The van der Waals surface area contributed by atoms with E-state index < -0.39 is 0 Å². The van der Waals surface area contributed by atoms with Crippen LogP contribution in [0.25, 0.3) is 101 Å². The molecule has 0 aliphatic rings. The third-order valence-electron chi connectivity index (χ3n) is 14.0. The lowest BCUT2D eigenvalue weighted by Crippen LogP contribution is -2.10. The molecule has 0 amide bonds. The number of ether oxygens (including phenoxy) is 4. The summed E-state index contributed by atoms with van der Waals surface area (Å²) in [6, 6.07) is 28.5. The number of methoxy groups -OCH3 is 1. The third kappa shape index (κ3) is 7.98. The number of aromatic nitrogens is 6. The van der Waals surface area contributed by atoms with Crippen LogP contribution in [-0.4, -0.2) is 55.2 Å². The normalized spacial score (nSPS) is 11.9. The van der Waals surface area contributed by atoms with E-state index in [2.05, 4.69) is 121 Å². The van der Waals surface area contributed by atoms with E-state index in [9.17, 15) is 0 Å². The fourth-order valence-corrected chi connectivity index (χ4v) is 11.1. The summed E-state index contributed by atoms with van der Waals surface area (Å²) in [7, 11) is 1.66. The van der Waals surface area contributed by atoms with Gasteiger partial charge in [-0.1, -0.05) is 12.1 Å². The van der Waals surface area contributed by atoms with Gasteiger partial charge in [-0.25, -0.2) is 0 Å². The minimum atomic E-state index is 0.355. The van der Waals surface area contributed by atoms with Gasteiger partial charge in [-0.15, -0.1) is 0 Å². The molecule has 0 bridgehead atoms. The van der Waals surface area contributed by atoms with Crippen molar-refractivity contribution in [2.24, 2.45) is 0 Å². The average Bonchev–Trinajstić information content (AvgIpc) is 4.27. The second kappa shape index (κ2) is 18.7. The molecular weight excluding hydrogens is 945 g/mol. The molecule has 380 valence electrons. The Morgan fingerprint density at radius 3 is 1.23 bits per heavy atom. The Kier molecular flexibility index (Phi) is 11.8. The molecule has 10 aromatic heterocycles. The highest BCUT2D eigenvalue weighted by Gasteiger charge is 2.28. The van der Waals surface area contributed by atoms with Gasteiger partial charge in [0.15, 0.2) is 0 Å². The van der Waals surface area contributed by atoms with E-state index in [1.807, 2.05) is 69.3 Å². The molecule has 10 heterocycles. The van der Waals surface area contributed by atoms with Gasteiger partial charge in [0.05, 0.1) is 75.1 Å². The summed E-state index contributed by atoms with van der Waals surface area (Å²) in [6.07, 6.45) is 8.48. The minimum Gasteiger partial charge on any atom is -0.465 e. The molecule has 14 nitrogen and oxygen atoms in total. The van der Waals surface area contributed by atoms with E-state index in [4.69, 9.17) is 46.6 Å². The van der Waals surface area contributed by atoms with Crippen LogP contribution < -0.4 is 14.2 Å². The zero-order valence-corrected chi connectivity index (χ0v) is 43.9. The predicted molar refractivity (Wildman–Crippen MR) is 292 cm³/mol. The van der Waals surface area contributed by atoms with E-state index >= 15 is 0 Å². The first kappa shape index (κ1) is 47.4. The number of hydrogen-bond donors (Lipinski definition) is 0. The number of nitrogens with zero attached hydrogens (tertiary/aromatic N) is 6. The summed E-state index contributed by atoms with van der Waals surface area (Å²) < 4.78 is 57.4. The quantitative estimate of drug-likeness (QED) is 0.0920. The van der Waals surface area contributed by atoms with Crippen LogP contribution in [0.5, 0.6) is 17.8 Å². The molecule has 0 unspecified atom stereocenters. The van der Waals surface area contributed by atoms with E-state index in [1.54, 1.807) is 7.11 Å². The first-order valence-electron chi connectivity index (χ1n) is 25.5. The smallest absolute Gasteiger partial charge is 0.284 e. The van der Waals surface area contributed by atoms with Crippen molar-refractivity contribution in [3.05, 3.63) is 149 Å². The topological polar surface area (TPSA) is 135 Å². The van der Waals surface area contributed by atoms with Crippen LogP contribution in [0.1, 0.15) is 60.2 Å². The van der Waals surface area contributed by atoms with E-state index in [0.717, 1.165) is 117 Å². The molecule has 0 saturated carbocycles. The van der Waals surface area contributed by atoms with Crippen LogP contribution in [0, 0.1) is 41.5 Å². The van der Waals surface area contributed by atoms with Gasteiger partial charge >= 0.3 is 0 Å². The first-order valence-corrected chi connectivity index (χ1v) is 25.5. The number of aryl methyl sites for hydroxylation is 6. The maximum atomic E-state index is 6.40. The molecule has 75 heavy (non-hydrogen) atoms. The van der Waals surface area contributed by atoms with Crippen LogP contribution in [0.4, 0.5) is 0 Å². The van der Waals surface area contributed by atoms with E-state index in [-0.39, 0.29) is 0 Å². The number of pyridine rings is 2. The van der Waals surface area contributed by atoms with Crippen molar-refractivity contribution in [1.82, 2.24) is 28.2 Å². The lowest BCUT2D eigenvalue weighted by Gasteiger charge is -2.17. The van der Waals surface area contributed by atoms with Gasteiger partial charge in [-0.3, -0.25) is 9.97 Å². The summed E-state index contributed by atoms with van der Waals surface area (Å²) in [6.45, 7) is 20.9. The first-order chi connectivity index (χ1) is 36.4. The number of fused-ring (bicyclic) bond motifs is 6. The highest BCUT2D eigenvalue weighted by Crippen LogP contribution is 2.45. The summed E-state index contributed by atoms with van der Waals surface area (Å²) in [5, 5.41) is 2.08. The Labute approximate surface area is 433 Å². The summed E-state index contributed by atoms with van der Waals surface area (Å²) in [4.78, 5) is 10.7. The van der Waals surface area contributed by atoms with Gasteiger partial charge in [-0.2, -0.15) is 0 Å². The molecule has 0 aliphatic carbocycles. The van der Waals surface area contributed by atoms with Gasteiger partial charge < -0.3 is 54.9 Å². The molecule has 14 heteroatoms. The van der Waals surface area contributed by atoms with Crippen molar-refractivity contribution >= 4 is 43.9 Å². The van der Waals surface area contributed by atoms with Crippen LogP contribution >= 0.6 is 0 Å². The second-order valence-electron chi connectivity index (χ2n) is 19.1. The SMILES string of the molecule is CCOc1ccc(-c2cn(-c3c(C)cc(C)c4c3c3nc(C)ccc3n4Cn3c4ccc(C)nc4c4c(-n5cc(-c6ccc(OCC)o6)c(-c6ccc(OCC)o6)c5)c(C)cc(C)c43)cc2-c2ccc(COC)o2)o1. The predicted octanol–water partition coefficient (Wildman–Crippen LogP) is 15.0. The van der Waals surface area contributed by atoms with Gasteiger partial charge in [0.25, 0.3) is 17.8 Å². The second-order valence-corrected chi connectivity index (χ2v) is 19.1. The summed E-state index contributed by atoms with van der Waals surface area (Å²) in [5.74, 6) is 4.74. The molecule has 2 aromatic carbocycles. The van der Waals surface area contributed by atoms with Crippen molar-refractivity contribution in [1.29, 1.82) is 0 Å². The van der Waals surface area contributed by atoms with E-state index in [1.165, 1.54) is 0 Å². The number of furan rings is 4. The number of benzene rings is 2. The highest BCUT2D eigenvalue weighted by atomic mass is 16.6. The van der Waals surface area contributed by atoms with E-state index in [0.29, 0.717) is 74.0 Å². The van der Waals surface area contributed by atoms with Crippen LogP contribution in [-0.2, 0) is 18.0 Å². The maximum Gasteiger partial charge on any atom is 0.284 e. The Bertz CT molecular complexity index is 3750. The maximum absolute atomic E-state index is 6.40. The van der Waals surface area contributed by atoms with Crippen molar-refractivity contribution < 1.29 is 36.6 Å². The average molecular weight is 1000 g/mol. The Balaban J connectivity index is 1.08. The van der Waals surface area contributed by atoms with Crippen molar-refractivity contribution in [2.45, 2.75) is 75.6 Å². The Morgan fingerprint density at radius 1 is 0.453 bits per heavy atom. The number of hydrogen-bond acceptors (Lipinski definition) is 10. The van der Waals surface area contributed by atoms with Crippen LogP contribution in [0.3, 0.4) is 0 Å². The van der Waals surface area contributed by atoms with Crippen LogP contribution in [0.15, 0.2) is 127 Å². The Hall–Kier alpha value is -8.62. The minimum absolute atomic E-state index is 0.355. The van der Waals surface area contributed by atoms with Crippen molar-refractivity contribution in [3.8, 4) is 74.5 Å². The van der Waals surface area contributed by atoms with Gasteiger partial charge in [0, 0.05) is 83.7 Å².